The second kappa shape index (κ2) is 7.01. The molecule has 0 fully saturated rings. The Kier molecular flexibility index (Phi) is 4.99. The van der Waals surface area contributed by atoms with Crippen LogP contribution in [-0.4, -0.2) is 5.91 Å². The van der Waals surface area contributed by atoms with Gasteiger partial charge in [-0.05, 0) is 64.5 Å². The number of hydrogen-bond acceptors (Lipinski definition) is 3. The van der Waals surface area contributed by atoms with Gasteiger partial charge < -0.3 is 15.5 Å². The van der Waals surface area contributed by atoms with Gasteiger partial charge in [-0.3, -0.25) is 4.79 Å². The number of anilines is 2. The molecule has 3 rings (SSSR count). The van der Waals surface area contributed by atoms with Crippen molar-refractivity contribution in [2.75, 3.05) is 11.1 Å². The summed E-state index contributed by atoms with van der Waals surface area (Å²) in [6, 6.07) is 13.9. The molecule has 1 aromatic heterocycles. The molecule has 0 saturated heterocycles. The number of benzene rings is 2. The summed E-state index contributed by atoms with van der Waals surface area (Å²) in [5, 5.41) is 3.09. The Morgan fingerprint density at radius 3 is 2.62 bits per heavy atom. The zero-order valence-corrected chi connectivity index (χ0v) is 16.1. The Labute approximate surface area is 160 Å². The first-order valence-electron chi connectivity index (χ1n) is 6.85. The predicted octanol–water partition coefficient (Wildman–Crippen LogP) is 5.96. The van der Waals surface area contributed by atoms with Gasteiger partial charge in [0, 0.05) is 20.2 Å². The van der Waals surface area contributed by atoms with Crippen molar-refractivity contribution in [3.8, 4) is 11.3 Å². The number of rotatable bonds is 3. The third-order valence-corrected chi connectivity index (χ3v) is 4.74. The Morgan fingerprint density at radius 2 is 1.88 bits per heavy atom. The van der Waals surface area contributed by atoms with Crippen molar-refractivity contribution in [2.45, 2.75) is 0 Å². The summed E-state index contributed by atoms with van der Waals surface area (Å²) in [7, 11) is 0. The van der Waals surface area contributed by atoms with Crippen molar-refractivity contribution in [3.63, 3.8) is 0 Å². The van der Waals surface area contributed by atoms with E-state index in [1.54, 1.807) is 30.3 Å². The van der Waals surface area contributed by atoms with Crippen molar-refractivity contribution < 1.29 is 9.21 Å². The molecular formula is C17H11Br2ClN2O2. The van der Waals surface area contributed by atoms with E-state index < -0.39 is 5.91 Å². The maximum atomic E-state index is 12.3. The highest BCUT2D eigenvalue weighted by molar-refractivity contribution is 9.11. The fraction of sp³-hybridized carbons (Fsp3) is 0. The van der Waals surface area contributed by atoms with Crippen molar-refractivity contribution >= 4 is 60.7 Å². The van der Waals surface area contributed by atoms with Gasteiger partial charge >= 0.3 is 0 Å². The molecule has 4 nitrogen and oxygen atoms in total. The number of nitrogen functional groups attached to an aromatic ring is 1. The Morgan fingerprint density at radius 1 is 1.08 bits per heavy atom. The molecule has 0 aliphatic heterocycles. The molecule has 24 heavy (non-hydrogen) atoms. The SMILES string of the molecule is Nc1ccc(Cl)c(NC(=O)c2ccc(-c3ccc(Br)cc3Br)o2)c1. The molecule has 1 amide bonds. The standard InChI is InChI=1S/C17H11Br2ClN2O2/c18-9-1-3-11(12(19)7-9)15-5-6-16(24-15)17(23)22-14-8-10(21)2-4-13(14)20/h1-8H,21H2,(H,22,23). The molecule has 0 atom stereocenters. The van der Waals surface area contributed by atoms with E-state index in [0.29, 0.717) is 22.2 Å². The Bertz CT molecular complexity index is 925. The third-order valence-electron chi connectivity index (χ3n) is 3.26. The van der Waals surface area contributed by atoms with Crippen molar-refractivity contribution in [1.82, 2.24) is 0 Å². The lowest BCUT2D eigenvalue weighted by Crippen LogP contribution is -2.11. The molecule has 3 N–H and O–H groups in total. The normalized spacial score (nSPS) is 10.6. The van der Waals surface area contributed by atoms with Crippen LogP contribution in [0.5, 0.6) is 0 Å². The van der Waals surface area contributed by atoms with Gasteiger partial charge in [0.2, 0.25) is 0 Å². The molecule has 7 heteroatoms. The smallest absolute Gasteiger partial charge is 0.291 e. The fourth-order valence-electron chi connectivity index (χ4n) is 2.12. The van der Waals surface area contributed by atoms with E-state index in [-0.39, 0.29) is 5.76 Å². The van der Waals surface area contributed by atoms with Crippen molar-refractivity contribution in [1.29, 1.82) is 0 Å². The van der Waals surface area contributed by atoms with Crippen LogP contribution in [-0.2, 0) is 0 Å². The number of halogens is 3. The highest BCUT2D eigenvalue weighted by atomic mass is 79.9. The molecule has 0 spiro atoms. The van der Waals surface area contributed by atoms with Crippen LogP contribution in [0, 0.1) is 0 Å². The van der Waals surface area contributed by atoms with Crippen LogP contribution in [0.4, 0.5) is 11.4 Å². The van der Waals surface area contributed by atoms with E-state index in [2.05, 4.69) is 37.2 Å². The largest absolute Gasteiger partial charge is 0.451 e. The first kappa shape index (κ1) is 17.1. The summed E-state index contributed by atoms with van der Waals surface area (Å²) < 4.78 is 7.46. The van der Waals surface area contributed by atoms with Crippen LogP contribution in [0.1, 0.15) is 10.6 Å². The van der Waals surface area contributed by atoms with Crippen molar-refractivity contribution in [2.24, 2.45) is 0 Å². The molecule has 0 aliphatic carbocycles. The molecule has 0 aliphatic rings. The molecule has 0 saturated carbocycles. The summed E-state index contributed by atoms with van der Waals surface area (Å²) in [5.41, 5.74) is 7.50. The minimum Gasteiger partial charge on any atom is -0.451 e. The second-order valence-electron chi connectivity index (χ2n) is 4.98. The van der Waals surface area contributed by atoms with Crippen LogP contribution in [0.25, 0.3) is 11.3 Å². The van der Waals surface area contributed by atoms with E-state index >= 15 is 0 Å². The van der Waals surface area contributed by atoms with Crippen molar-refractivity contribution in [3.05, 3.63) is 68.3 Å². The molecular weight excluding hydrogens is 459 g/mol. The topological polar surface area (TPSA) is 68.3 Å². The van der Waals surface area contributed by atoms with Gasteiger partial charge in [0.1, 0.15) is 5.76 Å². The summed E-state index contributed by atoms with van der Waals surface area (Å²) in [6.45, 7) is 0. The quantitative estimate of drug-likeness (QED) is 0.464. The van der Waals surface area contributed by atoms with Crippen LogP contribution in [0.3, 0.4) is 0 Å². The molecule has 0 bridgehead atoms. The minimum absolute atomic E-state index is 0.179. The monoisotopic (exact) mass is 468 g/mol. The van der Waals surface area contributed by atoms with E-state index in [9.17, 15) is 4.79 Å². The van der Waals surface area contributed by atoms with E-state index in [0.717, 1.165) is 14.5 Å². The number of hydrogen-bond donors (Lipinski definition) is 2. The van der Waals surface area contributed by atoms with E-state index in [1.807, 2.05) is 18.2 Å². The minimum atomic E-state index is -0.401. The first-order valence-corrected chi connectivity index (χ1v) is 8.82. The summed E-state index contributed by atoms with van der Waals surface area (Å²) in [5.74, 6) is 0.360. The predicted molar refractivity (Wildman–Crippen MR) is 103 cm³/mol. The highest BCUT2D eigenvalue weighted by Gasteiger charge is 2.15. The molecule has 0 unspecified atom stereocenters. The van der Waals surface area contributed by atoms with Crippen LogP contribution in [0.15, 0.2) is 61.9 Å². The number of amides is 1. The van der Waals surface area contributed by atoms with Gasteiger partial charge in [0.25, 0.3) is 5.91 Å². The number of carbonyl (C=O) groups is 1. The average Bonchev–Trinajstić information content (AvgIpc) is 3.00. The maximum Gasteiger partial charge on any atom is 0.291 e. The third kappa shape index (κ3) is 3.66. The molecule has 3 aromatic rings. The zero-order chi connectivity index (χ0) is 17.3. The molecule has 122 valence electrons. The number of carbonyl (C=O) groups excluding carboxylic acids is 1. The van der Waals surface area contributed by atoms with Gasteiger partial charge in [-0.25, -0.2) is 0 Å². The summed E-state index contributed by atoms with van der Waals surface area (Å²) in [4.78, 5) is 12.3. The summed E-state index contributed by atoms with van der Waals surface area (Å²) >= 11 is 12.9. The number of nitrogens with one attached hydrogen (secondary N) is 1. The van der Waals surface area contributed by atoms with Gasteiger partial charge in [-0.2, -0.15) is 0 Å². The first-order chi connectivity index (χ1) is 11.4. The zero-order valence-electron chi connectivity index (χ0n) is 12.1. The number of furan rings is 1. The molecule has 2 aromatic carbocycles. The van der Waals surface area contributed by atoms with Crippen LogP contribution < -0.4 is 11.1 Å². The lowest BCUT2D eigenvalue weighted by atomic mass is 10.2. The number of nitrogens with two attached hydrogens (primary N) is 1. The van der Waals surface area contributed by atoms with Gasteiger partial charge in [0.05, 0.1) is 10.7 Å². The Hall–Kier alpha value is -1.76. The molecule has 0 radical (unpaired) electrons. The lowest BCUT2D eigenvalue weighted by molar-refractivity contribution is 0.0997. The van der Waals surface area contributed by atoms with E-state index in [1.165, 1.54) is 0 Å². The van der Waals surface area contributed by atoms with E-state index in [4.69, 9.17) is 21.8 Å². The van der Waals surface area contributed by atoms with Gasteiger partial charge in [0.15, 0.2) is 5.76 Å². The second-order valence-corrected chi connectivity index (χ2v) is 7.16. The summed E-state index contributed by atoms with van der Waals surface area (Å²) in [6.07, 6.45) is 0. The molecule has 1 heterocycles. The highest BCUT2D eigenvalue weighted by Crippen LogP contribution is 2.32. The van der Waals surface area contributed by atoms with Gasteiger partial charge in [-0.1, -0.05) is 27.5 Å². The van der Waals surface area contributed by atoms with Gasteiger partial charge in [-0.15, -0.1) is 0 Å². The fourth-order valence-corrected chi connectivity index (χ4v) is 3.52. The van der Waals surface area contributed by atoms with Crippen LogP contribution >= 0.6 is 43.5 Å². The Balaban J connectivity index is 1.85. The van der Waals surface area contributed by atoms with Crippen LogP contribution in [0.2, 0.25) is 5.02 Å². The average molecular weight is 471 g/mol. The lowest BCUT2D eigenvalue weighted by Gasteiger charge is -2.06. The maximum absolute atomic E-state index is 12.3.